The summed E-state index contributed by atoms with van der Waals surface area (Å²) in [7, 11) is 0. The molecule has 2 aromatic rings. The quantitative estimate of drug-likeness (QED) is 0.604. The van der Waals surface area contributed by atoms with Gasteiger partial charge in [-0.3, -0.25) is 0 Å². The second-order valence-corrected chi connectivity index (χ2v) is 4.02. The lowest BCUT2D eigenvalue weighted by Gasteiger charge is -2.00. The van der Waals surface area contributed by atoms with E-state index < -0.39 is 11.1 Å². The summed E-state index contributed by atoms with van der Waals surface area (Å²) in [6, 6.07) is 6.44. The molecule has 0 amide bonds. The Labute approximate surface area is 92.2 Å². The van der Waals surface area contributed by atoms with E-state index in [2.05, 4.69) is 15.4 Å². The van der Waals surface area contributed by atoms with Gasteiger partial charge in [0.1, 0.15) is 0 Å². The summed E-state index contributed by atoms with van der Waals surface area (Å²) in [5, 5.41) is 10.0. The Balaban J connectivity index is 2.49. The standard InChI is InChI=1S/C7H6N4O2S2/c12-15(13)6-3-1-2-5(4-6)11-9-7(14)8-10-11/h1-4H,(H,9,14)(H,12,13). The van der Waals surface area contributed by atoms with E-state index in [9.17, 15) is 4.21 Å². The molecular formula is C7H6N4O2S2. The number of aromatic nitrogens is 4. The van der Waals surface area contributed by atoms with Crippen LogP contribution in [0.2, 0.25) is 0 Å². The zero-order chi connectivity index (χ0) is 10.8. The minimum absolute atomic E-state index is 0.255. The van der Waals surface area contributed by atoms with Crippen molar-refractivity contribution in [2.45, 2.75) is 4.90 Å². The summed E-state index contributed by atoms with van der Waals surface area (Å²) in [5.41, 5.74) is 0.596. The maximum atomic E-state index is 10.8. The van der Waals surface area contributed by atoms with Crippen LogP contribution < -0.4 is 0 Å². The Hall–Kier alpha value is -1.38. The largest absolute Gasteiger partial charge is 0.302 e. The molecule has 1 atom stereocenters. The van der Waals surface area contributed by atoms with Gasteiger partial charge in [-0.25, -0.2) is 9.31 Å². The molecule has 0 aliphatic rings. The van der Waals surface area contributed by atoms with Gasteiger partial charge in [0.2, 0.25) is 4.77 Å². The lowest BCUT2D eigenvalue weighted by Crippen LogP contribution is -2.00. The number of hydrogen-bond donors (Lipinski definition) is 2. The Morgan fingerprint density at radius 2 is 2.33 bits per heavy atom. The molecule has 2 rings (SSSR count). The average molecular weight is 242 g/mol. The SMILES string of the molecule is O=S(O)c1cccc(-n2nnc(=S)[nH]2)c1. The van der Waals surface area contributed by atoms with Gasteiger partial charge in [-0.2, -0.15) is 4.80 Å². The highest BCUT2D eigenvalue weighted by Crippen LogP contribution is 2.10. The minimum Gasteiger partial charge on any atom is -0.302 e. The molecule has 1 aromatic heterocycles. The van der Waals surface area contributed by atoms with Crippen LogP contribution >= 0.6 is 12.2 Å². The van der Waals surface area contributed by atoms with Gasteiger partial charge in [0.25, 0.3) is 0 Å². The topological polar surface area (TPSA) is 83.8 Å². The van der Waals surface area contributed by atoms with Gasteiger partial charge in [-0.15, -0.1) is 0 Å². The summed E-state index contributed by atoms with van der Waals surface area (Å²) in [4.78, 5) is 1.63. The molecular weight excluding hydrogens is 236 g/mol. The first-order valence-corrected chi connectivity index (χ1v) is 5.41. The number of aromatic amines is 1. The van der Waals surface area contributed by atoms with Gasteiger partial charge in [0.05, 0.1) is 10.6 Å². The summed E-state index contributed by atoms with van der Waals surface area (Å²) in [6.07, 6.45) is 0. The predicted octanol–water partition coefficient (Wildman–Crippen LogP) is 0.905. The zero-order valence-corrected chi connectivity index (χ0v) is 8.96. The van der Waals surface area contributed by atoms with Gasteiger partial charge >= 0.3 is 0 Å². The Morgan fingerprint density at radius 1 is 1.53 bits per heavy atom. The molecule has 0 saturated heterocycles. The number of hydrogen-bond acceptors (Lipinski definition) is 4. The van der Waals surface area contributed by atoms with Gasteiger partial charge in [0, 0.05) is 0 Å². The van der Waals surface area contributed by atoms with Crippen LogP contribution in [0, 0.1) is 4.77 Å². The maximum Gasteiger partial charge on any atom is 0.236 e. The highest BCUT2D eigenvalue weighted by molar-refractivity contribution is 7.79. The maximum absolute atomic E-state index is 10.8. The number of rotatable bonds is 2. The van der Waals surface area contributed by atoms with Crippen LogP contribution in [0.3, 0.4) is 0 Å². The minimum atomic E-state index is -2.01. The highest BCUT2D eigenvalue weighted by atomic mass is 32.2. The third-order valence-electron chi connectivity index (χ3n) is 1.69. The molecule has 1 aromatic carbocycles. The van der Waals surface area contributed by atoms with Crippen LogP contribution in [0.5, 0.6) is 0 Å². The molecule has 6 nitrogen and oxygen atoms in total. The smallest absolute Gasteiger partial charge is 0.236 e. The summed E-state index contributed by atoms with van der Waals surface area (Å²) in [6.45, 7) is 0. The van der Waals surface area contributed by atoms with Crippen LogP contribution in [-0.2, 0) is 11.1 Å². The molecule has 1 heterocycles. The van der Waals surface area contributed by atoms with Gasteiger partial charge in [-0.1, -0.05) is 11.2 Å². The number of nitrogens with one attached hydrogen (secondary N) is 1. The van der Waals surface area contributed by atoms with Crippen molar-refractivity contribution in [3.63, 3.8) is 0 Å². The summed E-state index contributed by atoms with van der Waals surface area (Å²) in [5.74, 6) is 0. The zero-order valence-electron chi connectivity index (χ0n) is 7.32. The summed E-state index contributed by atoms with van der Waals surface area (Å²) < 4.78 is 20.0. The number of H-pyrrole nitrogens is 1. The van der Waals surface area contributed by atoms with Crippen molar-refractivity contribution in [1.29, 1.82) is 0 Å². The van der Waals surface area contributed by atoms with Crippen molar-refractivity contribution < 1.29 is 8.76 Å². The fourth-order valence-electron chi connectivity index (χ4n) is 1.06. The van der Waals surface area contributed by atoms with Crippen LogP contribution in [0.25, 0.3) is 5.69 Å². The fraction of sp³-hybridized carbons (Fsp3) is 0. The van der Waals surface area contributed by atoms with Crippen molar-refractivity contribution in [2.75, 3.05) is 0 Å². The fourth-order valence-corrected chi connectivity index (χ4v) is 1.60. The normalized spacial score (nSPS) is 12.6. The van der Waals surface area contributed by atoms with E-state index in [1.54, 1.807) is 18.2 Å². The highest BCUT2D eigenvalue weighted by Gasteiger charge is 2.03. The Morgan fingerprint density at radius 3 is 2.93 bits per heavy atom. The molecule has 15 heavy (non-hydrogen) atoms. The molecule has 8 heteroatoms. The van der Waals surface area contributed by atoms with E-state index in [0.717, 1.165) is 0 Å². The van der Waals surface area contributed by atoms with Crippen molar-refractivity contribution in [3.05, 3.63) is 29.0 Å². The molecule has 0 bridgehead atoms. The molecule has 0 aliphatic heterocycles. The predicted molar refractivity (Wildman–Crippen MR) is 55.6 cm³/mol. The number of benzene rings is 1. The van der Waals surface area contributed by atoms with Crippen LogP contribution in [-0.4, -0.2) is 29.0 Å². The van der Waals surface area contributed by atoms with E-state index >= 15 is 0 Å². The van der Waals surface area contributed by atoms with E-state index in [4.69, 9.17) is 16.8 Å². The third-order valence-corrected chi connectivity index (χ3v) is 2.52. The van der Waals surface area contributed by atoms with Gasteiger partial charge in [0.15, 0.2) is 11.1 Å². The first-order chi connectivity index (χ1) is 7.16. The van der Waals surface area contributed by atoms with E-state index in [1.807, 2.05) is 0 Å². The van der Waals surface area contributed by atoms with E-state index in [0.29, 0.717) is 10.6 Å². The van der Waals surface area contributed by atoms with Crippen molar-refractivity contribution >= 4 is 23.3 Å². The van der Waals surface area contributed by atoms with Crippen molar-refractivity contribution in [3.8, 4) is 5.69 Å². The molecule has 2 N–H and O–H groups in total. The van der Waals surface area contributed by atoms with Crippen LogP contribution in [0.1, 0.15) is 0 Å². The van der Waals surface area contributed by atoms with Gasteiger partial charge in [-0.05, 0) is 35.6 Å². The Bertz CT molecular complexity index is 562. The second kappa shape index (κ2) is 4.01. The monoisotopic (exact) mass is 242 g/mol. The Kier molecular flexibility index (Phi) is 2.71. The molecule has 0 radical (unpaired) electrons. The molecule has 78 valence electrons. The lowest BCUT2D eigenvalue weighted by atomic mass is 10.3. The van der Waals surface area contributed by atoms with E-state index in [1.165, 1.54) is 10.9 Å². The van der Waals surface area contributed by atoms with Crippen LogP contribution in [0.4, 0.5) is 0 Å². The lowest BCUT2D eigenvalue weighted by molar-refractivity contribution is 0.564. The molecule has 0 fully saturated rings. The second-order valence-electron chi connectivity index (χ2n) is 2.66. The van der Waals surface area contributed by atoms with Crippen molar-refractivity contribution in [2.24, 2.45) is 0 Å². The third kappa shape index (κ3) is 2.17. The van der Waals surface area contributed by atoms with Crippen LogP contribution in [0.15, 0.2) is 29.2 Å². The molecule has 0 saturated carbocycles. The van der Waals surface area contributed by atoms with Gasteiger partial charge < -0.3 is 4.55 Å². The average Bonchev–Trinajstić information content (AvgIpc) is 2.65. The summed E-state index contributed by atoms with van der Waals surface area (Å²) >= 11 is 2.75. The number of nitrogens with zero attached hydrogens (tertiary/aromatic N) is 3. The number of tetrazole rings is 1. The molecule has 1 unspecified atom stereocenters. The van der Waals surface area contributed by atoms with E-state index in [-0.39, 0.29) is 4.77 Å². The molecule has 0 spiro atoms. The first-order valence-electron chi connectivity index (χ1n) is 3.90. The van der Waals surface area contributed by atoms with Crippen molar-refractivity contribution in [1.82, 2.24) is 20.2 Å². The first kappa shape index (κ1) is 10.1. The molecule has 0 aliphatic carbocycles.